The van der Waals surface area contributed by atoms with Gasteiger partial charge in [0.15, 0.2) is 0 Å². The van der Waals surface area contributed by atoms with Gasteiger partial charge in [-0.15, -0.1) is 0 Å². The van der Waals surface area contributed by atoms with Crippen LogP contribution in [0, 0.1) is 6.92 Å². The smallest absolute Gasteiger partial charge is 0.401 e. The van der Waals surface area contributed by atoms with E-state index < -0.39 is 0 Å². The van der Waals surface area contributed by atoms with E-state index in [9.17, 15) is 0 Å². The largest absolute Gasteiger partial charge is 0.645 e. The summed E-state index contributed by atoms with van der Waals surface area (Å²) in [6.07, 6.45) is 0. The lowest BCUT2D eigenvalue weighted by atomic mass is 10.2. The summed E-state index contributed by atoms with van der Waals surface area (Å²) in [4.78, 5) is 0. The van der Waals surface area contributed by atoms with Crippen molar-refractivity contribution in [2.24, 2.45) is 0 Å². The summed E-state index contributed by atoms with van der Waals surface area (Å²) in [6.45, 7) is 2.08. The molecule has 3 heteroatoms. The van der Waals surface area contributed by atoms with Gasteiger partial charge in [0.1, 0.15) is 0 Å². The molecule has 1 rings (SSSR count). The van der Waals surface area contributed by atoms with E-state index in [1.54, 1.807) is 0 Å². The van der Waals surface area contributed by atoms with Gasteiger partial charge in [-0.25, -0.2) is 0 Å². The maximum atomic E-state index is 4.82. The number of hydrogen-bond donors (Lipinski definition) is 0. The lowest BCUT2D eigenvalue weighted by Crippen LogP contribution is -1.82. The van der Waals surface area contributed by atoms with E-state index >= 15 is 0 Å². The van der Waals surface area contributed by atoms with Crippen molar-refractivity contribution in [2.75, 3.05) is 0 Å². The van der Waals surface area contributed by atoms with Crippen molar-refractivity contribution in [3.8, 4) is 0 Å². The van der Waals surface area contributed by atoms with Crippen LogP contribution in [0.3, 0.4) is 0 Å². The van der Waals surface area contributed by atoms with Crippen molar-refractivity contribution in [2.45, 2.75) is 12.7 Å². The van der Waals surface area contributed by atoms with Crippen LogP contribution in [0.2, 0.25) is 5.79 Å². The van der Waals surface area contributed by atoms with E-state index in [-0.39, 0.29) is 15.6 Å². The van der Waals surface area contributed by atoms with Crippen molar-refractivity contribution in [1.29, 1.82) is 0 Å². The zero-order valence-corrected chi connectivity index (χ0v) is 10.9. The Labute approximate surface area is 83.6 Å². The first-order chi connectivity index (χ1) is 5.31. The minimum absolute atomic E-state index is 0.0139. The van der Waals surface area contributed by atoms with Gasteiger partial charge in [-0.2, -0.15) is 0 Å². The Bertz CT molecular complexity index is 163. The summed E-state index contributed by atoms with van der Waals surface area (Å²) in [7, 11) is 0. The summed E-state index contributed by atoms with van der Waals surface area (Å²) < 4.78 is 4.82. The van der Waals surface area contributed by atoms with Crippen LogP contribution in [0.25, 0.3) is 0 Å². The molecular formula is C8H14Al2O. The molecule has 1 aromatic rings. The predicted molar refractivity (Wildman–Crippen MR) is 53.8 cm³/mol. The van der Waals surface area contributed by atoms with Crippen LogP contribution in [0.5, 0.6) is 0 Å². The first-order valence-corrected chi connectivity index (χ1v) is 6.62. The molecule has 0 fully saturated rings. The highest BCUT2D eigenvalue weighted by Crippen LogP contribution is 1.92. The summed E-state index contributed by atoms with van der Waals surface area (Å²) in [6, 6.07) is 10.3. The van der Waals surface area contributed by atoms with Crippen molar-refractivity contribution in [1.82, 2.24) is 0 Å². The van der Waals surface area contributed by atoms with Gasteiger partial charge in [0.25, 0.3) is 0 Å². The summed E-state index contributed by atoms with van der Waals surface area (Å²) in [5.74, 6) is 2.13. The lowest BCUT2D eigenvalue weighted by molar-refractivity contribution is 0.671. The van der Waals surface area contributed by atoms with Gasteiger partial charge in [-0.1, -0.05) is 41.7 Å². The summed E-state index contributed by atoms with van der Waals surface area (Å²) in [5.41, 5.74) is 1.32. The highest BCUT2D eigenvalue weighted by atomic mass is 27.2. The Morgan fingerprint density at radius 1 is 1.27 bits per heavy atom. The molecule has 1 aromatic carbocycles. The minimum Gasteiger partial charge on any atom is -0.645 e. The van der Waals surface area contributed by atoms with Gasteiger partial charge in [-0.3, -0.25) is 0 Å². The van der Waals surface area contributed by atoms with E-state index in [1.165, 1.54) is 5.56 Å². The molecule has 0 aliphatic carbocycles. The second kappa shape index (κ2) is 8.34. The maximum absolute atomic E-state index is 4.82. The fourth-order valence-electron chi connectivity index (χ4n) is 0.534. The van der Waals surface area contributed by atoms with Crippen molar-refractivity contribution < 1.29 is 2.84 Å². The first kappa shape index (κ1) is 11.2. The fraction of sp³-hybridized carbons (Fsp3) is 0.250. The molecule has 0 amide bonds. The van der Waals surface area contributed by atoms with Crippen LogP contribution in [-0.4, -0.2) is 32.2 Å². The van der Waals surface area contributed by atoms with Crippen molar-refractivity contribution in [3.63, 3.8) is 0 Å². The van der Waals surface area contributed by atoms with Gasteiger partial charge in [0.05, 0.1) is 0 Å². The topological polar surface area (TPSA) is 9.23 Å². The van der Waals surface area contributed by atoms with Gasteiger partial charge in [0.2, 0.25) is 0 Å². The van der Waals surface area contributed by atoms with E-state index in [0.29, 0.717) is 0 Å². The van der Waals surface area contributed by atoms with Crippen LogP contribution in [-0.2, 0) is 2.84 Å². The Balaban J connectivity index is 0.000000218. The molecular weight excluding hydrogens is 166 g/mol. The number of hydrogen-bond acceptors (Lipinski definition) is 1. The standard InChI is InChI=1S/C7H8.CH3.2Al.O.3H/c1-7-5-3-2-4-6-7;;;;;;;/h2-6H,1H3;1H3;;;;;;. The van der Waals surface area contributed by atoms with Gasteiger partial charge in [-0.05, 0) is 6.92 Å². The van der Waals surface area contributed by atoms with Gasteiger partial charge < -0.3 is 2.84 Å². The zero-order chi connectivity index (χ0) is 8.53. The number of rotatable bonds is 1. The number of benzene rings is 1. The third-order valence-corrected chi connectivity index (χ3v) is 3.54. The molecule has 58 valence electrons. The SMILES string of the molecule is Cc1ccccc1.[CH3][AlH][O][AlH2]. The second-order valence-corrected chi connectivity index (χ2v) is 5.12. The van der Waals surface area contributed by atoms with E-state index in [2.05, 4.69) is 24.8 Å². The molecule has 0 aromatic heterocycles. The fourth-order valence-corrected chi connectivity index (χ4v) is 0.534. The molecule has 0 radical (unpaired) electrons. The first-order valence-electron chi connectivity index (χ1n) is 3.81. The molecule has 0 saturated heterocycles. The molecule has 0 aliphatic rings. The summed E-state index contributed by atoms with van der Waals surface area (Å²) >= 11 is 0.938. The molecule has 11 heavy (non-hydrogen) atoms. The molecule has 0 aliphatic heterocycles. The number of aryl methyl sites for hydroxylation is 1. The van der Waals surface area contributed by atoms with E-state index in [4.69, 9.17) is 2.84 Å². The molecule has 1 nitrogen and oxygen atoms in total. The normalized spacial score (nSPS) is 7.82. The molecule has 0 atom stereocenters. The Morgan fingerprint density at radius 3 is 1.91 bits per heavy atom. The third kappa shape index (κ3) is 8.15. The maximum Gasteiger partial charge on any atom is 0.401 e. The monoisotopic (exact) mass is 180 g/mol. The van der Waals surface area contributed by atoms with Gasteiger partial charge in [0, 0.05) is 0 Å². The Hall–Kier alpha value is 0.245. The third-order valence-electron chi connectivity index (χ3n) is 1.23. The average molecular weight is 180 g/mol. The summed E-state index contributed by atoms with van der Waals surface area (Å²) in [5, 5.41) is 0. The van der Waals surface area contributed by atoms with Crippen LogP contribution < -0.4 is 0 Å². The van der Waals surface area contributed by atoms with Crippen LogP contribution in [0.1, 0.15) is 5.56 Å². The second-order valence-electron chi connectivity index (χ2n) is 2.23. The zero-order valence-electron chi connectivity index (χ0n) is 7.50. The molecule has 0 spiro atoms. The molecule has 0 N–H and O–H groups in total. The lowest BCUT2D eigenvalue weighted by Gasteiger charge is -1.82. The quantitative estimate of drug-likeness (QED) is 0.584. The molecule has 0 bridgehead atoms. The highest BCUT2D eigenvalue weighted by molar-refractivity contribution is 6.32. The molecule has 0 heterocycles. The van der Waals surface area contributed by atoms with Crippen LogP contribution >= 0.6 is 0 Å². The van der Waals surface area contributed by atoms with Crippen LogP contribution in [0.15, 0.2) is 30.3 Å². The average Bonchev–Trinajstić information content (AvgIpc) is 2.07. The van der Waals surface area contributed by atoms with E-state index in [1.807, 2.05) is 18.2 Å². The van der Waals surface area contributed by atoms with Crippen molar-refractivity contribution in [3.05, 3.63) is 35.9 Å². The Kier molecular flexibility index (Phi) is 8.53. The van der Waals surface area contributed by atoms with Crippen molar-refractivity contribution >= 4 is 32.2 Å². The minimum atomic E-state index is -0.0139. The highest BCUT2D eigenvalue weighted by Gasteiger charge is 1.72. The molecule has 0 unspecified atom stereocenters. The predicted octanol–water partition coefficient (Wildman–Crippen LogP) is 0.946. The van der Waals surface area contributed by atoms with E-state index in [0.717, 1.165) is 16.6 Å². The van der Waals surface area contributed by atoms with Crippen LogP contribution in [0.4, 0.5) is 0 Å². The Morgan fingerprint density at radius 2 is 1.73 bits per heavy atom. The molecule has 0 saturated carbocycles. The van der Waals surface area contributed by atoms with Gasteiger partial charge >= 0.3 is 32.2 Å².